The average molecular weight is 545 g/mol. The van der Waals surface area contributed by atoms with Crippen LogP contribution in [0.4, 0.5) is 0 Å². The van der Waals surface area contributed by atoms with Gasteiger partial charge in [0.15, 0.2) is 0 Å². The number of unbranched alkanes of at least 4 members (excludes halogenated alkanes) is 3. The second-order valence-corrected chi connectivity index (χ2v) is 11.2. The lowest BCUT2D eigenvalue weighted by atomic mass is 9.80. The quantitative estimate of drug-likeness (QED) is 0.171. The third-order valence-corrected chi connectivity index (χ3v) is 8.14. The minimum atomic E-state index is -0.951. The third kappa shape index (κ3) is 12.0. The van der Waals surface area contributed by atoms with Crippen LogP contribution in [-0.4, -0.2) is 56.4 Å². The fourth-order valence-electron chi connectivity index (χ4n) is 5.77. The van der Waals surface area contributed by atoms with Crippen molar-refractivity contribution < 1.29 is 30.3 Å². The molecule has 0 amide bonds. The van der Waals surface area contributed by atoms with Crippen molar-refractivity contribution in [3.05, 3.63) is 58.2 Å². The van der Waals surface area contributed by atoms with Gasteiger partial charge < -0.3 is 25.5 Å². The predicted molar refractivity (Wildman–Crippen MR) is 157 cm³/mol. The number of hydrogen-bond acceptors (Lipinski definition) is 5. The molecule has 39 heavy (non-hydrogen) atoms. The van der Waals surface area contributed by atoms with Crippen LogP contribution in [0.5, 0.6) is 0 Å². The molecule has 4 atom stereocenters. The summed E-state index contributed by atoms with van der Waals surface area (Å²) < 4.78 is 0. The number of benzene rings is 1. The number of aliphatic hydroxyl groups is 4. The van der Waals surface area contributed by atoms with Gasteiger partial charge in [0.1, 0.15) is 0 Å². The monoisotopic (exact) mass is 544 g/mol. The van der Waals surface area contributed by atoms with E-state index < -0.39 is 24.3 Å². The molecule has 2 rings (SSSR count). The zero-order valence-electron chi connectivity index (χ0n) is 24.2. The number of fused-ring (bicyclic) bond motifs is 1. The maximum atomic E-state index is 10.9. The number of carboxylic acids is 1. The van der Waals surface area contributed by atoms with E-state index in [4.69, 9.17) is 5.11 Å². The Morgan fingerprint density at radius 3 is 2.54 bits per heavy atom. The molecule has 0 aliphatic heterocycles. The van der Waals surface area contributed by atoms with Crippen molar-refractivity contribution in [3.8, 4) is 0 Å². The van der Waals surface area contributed by atoms with Crippen LogP contribution in [0.2, 0.25) is 0 Å². The Kier molecular flexibility index (Phi) is 15.7. The number of allylic oxidation sites excluding steroid dienone is 2. The summed E-state index contributed by atoms with van der Waals surface area (Å²) in [6, 6.07) is 6.57. The van der Waals surface area contributed by atoms with E-state index in [1.807, 2.05) is 6.08 Å². The van der Waals surface area contributed by atoms with Gasteiger partial charge in [0, 0.05) is 6.42 Å². The molecule has 5 N–H and O–H groups in total. The van der Waals surface area contributed by atoms with E-state index in [0.29, 0.717) is 25.2 Å². The number of aliphatic hydroxyl groups excluding tert-OH is 4. The molecule has 0 bridgehead atoms. The van der Waals surface area contributed by atoms with Crippen molar-refractivity contribution in [3.63, 3.8) is 0 Å². The van der Waals surface area contributed by atoms with Crippen LogP contribution in [0.1, 0.15) is 108 Å². The third-order valence-electron chi connectivity index (χ3n) is 8.14. The summed E-state index contributed by atoms with van der Waals surface area (Å²) in [4.78, 5) is 10.9. The van der Waals surface area contributed by atoms with E-state index in [-0.39, 0.29) is 13.0 Å². The predicted octanol–water partition coefficient (Wildman–Crippen LogP) is 5.68. The minimum Gasteiger partial charge on any atom is -0.481 e. The molecular weight excluding hydrogens is 492 g/mol. The fourth-order valence-corrected chi connectivity index (χ4v) is 5.77. The number of carboxylic acid groups (broad SMARTS) is 1. The standard InChI is InChI=1S/C33H52O6/c1-3-5-13-31(36)32(37)20-18-26-16-17-27-12-9-11-25(4-2)30(27)19-15-24(10-7-6-8-14-33(38)39)21-28(26)22-29(35)23-34/h9,11-12,18,20,24,29,31-32,34-37H,3-8,10,13-17,19,21-23H2,1-2H3,(H,38,39). The molecule has 0 saturated carbocycles. The Hall–Kier alpha value is -1.99. The second kappa shape index (κ2) is 18.4. The molecule has 0 fully saturated rings. The smallest absolute Gasteiger partial charge is 0.303 e. The first kappa shape index (κ1) is 33.2. The van der Waals surface area contributed by atoms with Gasteiger partial charge in [-0.25, -0.2) is 0 Å². The van der Waals surface area contributed by atoms with E-state index >= 15 is 0 Å². The molecule has 0 saturated heterocycles. The summed E-state index contributed by atoms with van der Waals surface area (Å²) in [6.45, 7) is 3.95. The van der Waals surface area contributed by atoms with Crippen LogP contribution in [0.15, 0.2) is 41.5 Å². The second-order valence-electron chi connectivity index (χ2n) is 11.2. The van der Waals surface area contributed by atoms with Gasteiger partial charge in [0.2, 0.25) is 0 Å². The largest absolute Gasteiger partial charge is 0.481 e. The molecule has 1 aliphatic carbocycles. The van der Waals surface area contributed by atoms with Gasteiger partial charge in [-0.2, -0.15) is 0 Å². The lowest BCUT2D eigenvalue weighted by Gasteiger charge is -2.26. The van der Waals surface area contributed by atoms with Crippen molar-refractivity contribution in [2.75, 3.05) is 6.61 Å². The van der Waals surface area contributed by atoms with Crippen molar-refractivity contribution >= 4 is 5.97 Å². The van der Waals surface area contributed by atoms with Crippen LogP contribution in [0.3, 0.4) is 0 Å². The number of hydrogen-bond donors (Lipinski definition) is 5. The van der Waals surface area contributed by atoms with Crippen LogP contribution in [0, 0.1) is 5.92 Å². The summed E-state index contributed by atoms with van der Waals surface area (Å²) >= 11 is 0. The Balaban J connectivity index is 2.39. The number of rotatable bonds is 16. The molecular formula is C33H52O6. The van der Waals surface area contributed by atoms with E-state index in [0.717, 1.165) is 81.8 Å². The van der Waals surface area contributed by atoms with Crippen LogP contribution in [-0.2, 0) is 24.1 Å². The first-order valence-electron chi connectivity index (χ1n) is 15.1. The van der Waals surface area contributed by atoms with Gasteiger partial charge in [-0.15, -0.1) is 0 Å². The van der Waals surface area contributed by atoms with Gasteiger partial charge in [0.05, 0.1) is 24.9 Å². The lowest BCUT2D eigenvalue weighted by molar-refractivity contribution is -0.137. The summed E-state index contributed by atoms with van der Waals surface area (Å²) in [5.74, 6) is -0.380. The number of aliphatic carboxylic acids is 1. The highest BCUT2D eigenvalue weighted by Gasteiger charge is 2.21. The summed E-state index contributed by atoms with van der Waals surface area (Å²) in [6.07, 6.45) is 12.9. The maximum Gasteiger partial charge on any atom is 0.303 e. The van der Waals surface area contributed by atoms with Gasteiger partial charge in [-0.3, -0.25) is 4.79 Å². The SMILES string of the molecule is CCCCC(O)C(O)C=CC1=C(CC(O)CO)CC(CCCCCC(=O)O)CCc2c(CC)cccc2CC1. The first-order chi connectivity index (χ1) is 18.8. The zero-order valence-corrected chi connectivity index (χ0v) is 24.2. The molecule has 1 aromatic carbocycles. The lowest BCUT2D eigenvalue weighted by Crippen LogP contribution is -2.23. The Morgan fingerprint density at radius 1 is 1.05 bits per heavy atom. The highest BCUT2D eigenvalue weighted by molar-refractivity contribution is 5.66. The molecule has 4 unspecified atom stereocenters. The number of aryl methyl sites for hydroxylation is 2. The first-order valence-corrected chi connectivity index (χ1v) is 15.1. The number of carbonyl (C=O) groups is 1. The molecule has 220 valence electrons. The molecule has 0 spiro atoms. The Labute approximate surface area is 235 Å². The van der Waals surface area contributed by atoms with Crippen LogP contribution in [0.25, 0.3) is 0 Å². The maximum absolute atomic E-state index is 10.9. The van der Waals surface area contributed by atoms with Crippen molar-refractivity contribution in [2.45, 2.75) is 128 Å². The van der Waals surface area contributed by atoms with Gasteiger partial charge in [-0.1, -0.05) is 81.9 Å². The summed E-state index contributed by atoms with van der Waals surface area (Å²) in [7, 11) is 0. The van der Waals surface area contributed by atoms with Crippen molar-refractivity contribution in [2.24, 2.45) is 5.92 Å². The zero-order chi connectivity index (χ0) is 28.6. The van der Waals surface area contributed by atoms with Crippen molar-refractivity contribution in [1.29, 1.82) is 0 Å². The topological polar surface area (TPSA) is 118 Å². The summed E-state index contributed by atoms with van der Waals surface area (Å²) in [5, 5.41) is 50.0. The summed E-state index contributed by atoms with van der Waals surface area (Å²) in [5.41, 5.74) is 6.34. The molecule has 0 heterocycles. The van der Waals surface area contributed by atoms with E-state index in [2.05, 4.69) is 32.0 Å². The van der Waals surface area contributed by atoms with Gasteiger partial charge in [0.25, 0.3) is 0 Å². The molecule has 0 radical (unpaired) electrons. The molecule has 6 heteroatoms. The van der Waals surface area contributed by atoms with Crippen molar-refractivity contribution in [1.82, 2.24) is 0 Å². The van der Waals surface area contributed by atoms with E-state index in [9.17, 15) is 25.2 Å². The Bertz CT molecular complexity index is 921. The van der Waals surface area contributed by atoms with Gasteiger partial charge in [-0.05, 0) is 86.0 Å². The molecule has 1 aliphatic rings. The minimum absolute atomic E-state index is 0.202. The molecule has 6 nitrogen and oxygen atoms in total. The fraction of sp³-hybridized carbons (Fsp3) is 0.667. The highest BCUT2D eigenvalue weighted by atomic mass is 16.4. The van der Waals surface area contributed by atoms with E-state index in [1.54, 1.807) is 6.08 Å². The van der Waals surface area contributed by atoms with Crippen LogP contribution >= 0.6 is 0 Å². The van der Waals surface area contributed by atoms with Crippen LogP contribution < -0.4 is 0 Å². The molecule has 0 aromatic heterocycles. The highest BCUT2D eigenvalue weighted by Crippen LogP contribution is 2.33. The van der Waals surface area contributed by atoms with Gasteiger partial charge >= 0.3 is 5.97 Å². The molecule has 1 aromatic rings. The average Bonchev–Trinajstić information content (AvgIpc) is 2.93. The Morgan fingerprint density at radius 2 is 1.85 bits per heavy atom. The van der Waals surface area contributed by atoms with E-state index in [1.165, 1.54) is 16.7 Å². The normalized spacial score (nSPS) is 19.1.